The van der Waals surface area contributed by atoms with Crippen LogP contribution in [0.15, 0.2) is 29.2 Å². The van der Waals surface area contributed by atoms with Crippen molar-refractivity contribution in [3.8, 4) is 0 Å². The molecule has 0 amide bonds. The van der Waals surface area contributed by atoms with Crippen molar-refractivity contribution in [1.82, 2.24) is 4.72 Å². The Morgan fingerprint density at radius 2 is 1.71 bits per heavy atom. The molecule has 116 valence electrons. The van der Waals surface area contributed by atoms with Crippen molar-refractivity contribution in [2.24, 2.45) is 11.8 Å². The van der Waals surface area contributed by atoms with Gasteiger partial charge in [0.15, 0.2) is 5.78 Å². The van der Waals surface area contributed by atoms with E-state index in [1.54, 1.807) is 13.8 Å². The van der Waals surface area contributed by atoms with E-state index >= 15 is 0 Å². The molecule has 7 heteroatoms. The van der Waals surface area contributed by atoms with E-state index in [9.17, 15) is 18.0 Å². The van der Waals surface area contributed by atoms with Gasteiger partial charge in [0, 0.05) is 12.1 Å². The standard InChI is InChI=1S/C14H19NO5S/c1-9(2)13(14(17)18)8-15-21(19,20)12-6-4-11(5-7-12)10(3)16/h4-7,9,13,15H,8H2,1-3H3,(H,17,18). The molecule has 0 heterocycles. The van der Waals surface area contributed by atoms with Gasteiger partial charge in [0.2, 0.25) is 10.0 Å². The van der Waals surface area contributed by atoms with Crippen LogP contribution in [0.25, 0.3) is 0 Å². The van der Waals surface area contributed by atoms with Crippen molar-refractivity contribution < 1.29 is 23.1 Å². The molecule has 21 heavy (non-hydrogen) atoms. The molecule has 0 aliphatic rings. The van der Waals surface area contributed by atoms with Gasteiger partial charge < -0.3 is 5.11 Å². The number of rotatable bonds is 7. The SMILES string of the molecule is CC(=O)c1ccc(S(=O)(=O)NCC(C(=O)O)C(C)C)cc1. The lowest BCUT2D eigenvalue weighted by molar-refractivity contribution is -0.142. The molecule has 0 spiro atoms. The lowest BCUT2D eigenvalue weighted by Crippen LogP contribution is -2.35. The van der Waals surface area contributed by atoms with Crippen molar-refractivity contribution >= 4 is 21.8 Å². The minimum atomic E-state index is -3.79. The molecular formula is C14H19NO5S. The second-order valence-corrected chi connectivity index (χ2v) is 6.89. The molecule has 0 fully saturated rings. The molecule has 0 bridgehead atoms. The summed E-state index contributed by atoms with van der Waals surface area (Å²) in [6.45, 7) is 4.65. The van der Waals surface area contributed by atoms with E-state index < -0.39 is 21.9 Å². The van der Waals surface area contributed by atoms with Crippen LogP contribution >= 0.6 is 0 Å². The number of carbonyl (C=O) groups is 2. The van der Waals surface area contributed by atoms with Crippen molar-refractivity contribution in [2.45, 2.75) is 25.7 Å². The number of carboxylic acid groups (broad SMARTS) is 1. The topological polar surface area (TPSA) is 101 Å². The molecule has 0 radical (unpaired) electrons. The Labute approximate surface area is 124 Å². The molecule has 6 nitrogen and oxygen atoms in total. The summed E-state index contributed by atoms with van der Waals surface area (Å²) in [5.41, 5.74) is 0.416. The fraction of sp³-hybridized carbons (Fsp3) is 0.429. The molecule has 2 N–H and O–H groups in total. The van der Waals surface area contributed by atoms with Crippen LogP contribution in [0.2, 0.25) is 0 Å². The third-order valence-corrected chi connectivity index (χ3v) is 4.63. The van der Waals surface area contributed by atoms with Crippen LogP contribution in [0.3, 0.4) is 0 Å². The van der Waals surface area contributed by atoms with Gasteiger partial charge in [0.05, 0.1) is 10.8 Å². The van der Waals surface area contributed by atoms with Gasteiger partial charge in [-0.2, -0.15) is 0 Å². The zero-order valence-corrected chi connectivity index (χ0v) is 13.0. The van der Waals surface area contributed by atoms with Gasteiger partial charge in [-0.15, -0.1) is 0 Å². The summed E-state index contributed by atoms with van der Waals surface area (Å²) >= 11 is 0. The molecule has 0 aromatic heterocycles. The second kappa shape index (κ2) is 6.82. The highest BCUT2D eigenvalue weighted by molar-refractivity contribution is 7.89. The van der Waals surface area contributed by atoms with E-state index in [1.807, 2.05) is 0 Å². The summed E-state index contributed by atoms with van der Waals surface area (Å²) in [6.07, 6.45) is 0. The highest BCUT2D eigenvalue weighted by atomic mass is 32.2. The van der Waals surface area contributed by atoms with E-state index in [1.165, 1.54) is 31.2 Å². The molecular weight excluding hydrogens is 294 g/mol. The third-order valence-electron chi connectivity index (χ3n) is 3.19. The zero-order chi connectivity index (χ0) is 16.2. The van der Waals surface area contributed by atoms with Gasteiger partial charge in [0.1, 0.15) is 0 Å². The lowest BCUT2D eigenvalue weighted by Gasteiger charge is -2.16. The molecule has 1 unspecified atom stereocenters. The highest BCUT2D eigenvalue weighted by Crippen LogP contribution is 2.14. The van der Waals surface area contributed by atoms with E-state index in [4.69, 9.17) is 5.11 Å². The Morgan fingerprint density at radius 1 is 1.19 bits per heavy atom. The summed E-state index contributed by atoms with van der Waals surface area (Å²) in [5, 5.41) is 9.04. The summed E-state index contributed by atoms with van der Waals surface area (Å²) in [4.78, 5) is 22.2. The number of nitrogens with one attached hydrogen (secondary N) is 1. The minimum absolute atomic E-state index is 0.000366. The number of hydrogen-bond acceptors (Lipinski definition) is 4. The smallest absolute Gasteiger partial charge is 0.308 e. The van der Waals surface area contributed by atoms with Gasteiger partial charge in [-0.3, -0.25) is 9.59 Å². The lowest BCUT2D eigenvalue weighted by atomic mass is 9.97. The summed E-state index contributed by atoms with van der Waals surface area (Å²) in [6, 6.07) is 5.50. The first-order chi connectivity index (χ1) is 9.65. The average molecular weight is 313 g/mol. The van der Waals surface area contributed by atoms with Gasteiger partial charge in [-0.05, 0) is 25.0 Å². The van der Waals surface area contributed by atoms with Crippen LogP contribution in [0.5, 0.6) is 0 Å². The Bertz CT molecular complexity index is 619. The van der Waals surface area contributed by atoms with Gasteiger partial charge in [0.25, 0.3) is 0 Å². The molecule has 0 aliphatic carbocycles. The molecule has 1 aromatic carbocycles. The van der Waals surface area contributed by atoms with E-state index in [0.29, 0.717) is 5.56 Å². The van der Waals surface area contributed by atoms with Gasteiger partial charge >= 0.3 is 5.97 Å². The van der Waals surface area contributed by atoms with Gasteiger partial charge in [-0.25, -0.2) is 13.1 Å². The summed E-state index contributed by atoms with van der Waals surface area (Å²) in [7, 11) is -3.79. The van der Waals surface area contributed by atoms with Crippen LogP contribution < -0.4 is 4.72 Å². The summed E-state index contributed by atoms with van der Waals surface area (Å²) < 4.78 is 26.4. The Morgan fingerprint density at radius 3 is 2.10 bits per heavy atom. The first-order valence-corrected chi connectivity index (χ1v) is 7.97. The van der Waals surface area contributed by atoms with Crippen molar-refractivity contribution in [3.63, 3.8) is 0 Å². The number of aliphatic carboxylic acids is 1. The average Bonchev–Trinajstić information content (AvgIpc) is 2.38. The first-order valence-electron chi connectivity index (χ1n) is 6.48. The van der Waals surface area contributed by atoms with Crippen LogP contribution in [0, 0.1) is 11.8 Å². The predicted molar refractivity (Wildman–Crippen MR) is 77.6 cm³/mol. The third kappa shape index (κ3) is 4.64. The monoisotopic (exact) mass is 313 g/mol. The quantitative estimate of drug-likeness (QED) is 0.743. The van der Waals surface area contributed by atoms with Gasteiger partial charge in [-0.1, -0.05) is 26.0 Å². The Hall–Kier alpha value is -1.73. The predicted octanol–water partition coefficient (Wildman–Crippen LogP) is 1.52. The maximum absolute atomic E-state index is 12.1. The Balaban J connectivity index is 2.86. The number of Topliss-reactive ketones (excluding diaryl/α,β-unsaturated/α-hetero) is 1. The maximum atomic E-state index is 12.1. The number of ketones is 1. The number of carbonyl (C=O) groups excluding carboxylic acids is 1. The first kappa shape index (κ1) is 17.3. The van der Waals surface area contributed by atoms with Crippen molar-refractivity contribution in [2.75, 3.05) is 6.54 Å². The number of hydrogen-bond donors (Lipinski definition) is 2. The molecule has 1 aromatic rings. The molecule has 0 saturated heterocycles. The Kier molecular flexibility index (Phi) is 5.62. The fourth-order valence-corrected chi connectivity index (χ4v) is 2.82. The van der Waals surface area contributed by atoms with Crippen molar-refractivity contribution in [3.05, 3.63) is 29.8 Å². The van der Waals surface area contributed by atoms with Crippen LogP contribution in [0.4, 0.5) is 0 Å². The highest BCUT2D eigenvalue weighted by Gasteiger charge is 2.24. The molecule has 0 aliphatic heterocycles. The minimum Gasteiger partial charge on any atom is -0.481 e. The normalized spacial score (nSPS) is 13.1. The number of carboxylic acids is 1. The molecule has 0 saturated carbocycles. The largest absolute Gasteiger partial charge is 0.481 e. The van der Waals surface area contributed by atoms with Crippen LogP contribution in [-0.4, -0.2) is 31.8 Å². The summed E-state index contributed by atoms with van der Waals surface area (Å²) in [5.74, 6) is -2.18. The number of sulfonamides is 1. The maximum Gasteiger partial charge on any atom is 0.308 e. The fourth-order valence-electron chi connectivity index (χ4n) is 1.76. The van der Waals surface area contributed by atoms with E-state index in [2.05, 4.69) is 4.72 Å². The number of benzene rings is 1. The molecule has 1 rings (SSSR count). The molecule has 1 atom stereocenters. The van der Waals surface area contributed by atoms with Crippen molar-refractivity contribution in [1.29, 1.82) is 0 Å². The van der Waals surface area contributed by atoms with Crippen LogP contribution in [0.1, 0.15) is 31.1 Å². The zero-order valence-electron chi connectivity index (χ0n) is 12.2. The van der Waals surface area contributed by atoms with Crippen LogP contribution in [-0.2, 0) is 14.8 Å². The van der Waals surface area contributed by atoms with E-state index in [-0.39, 0.29) is 23.1 Å². The second-order valence-electron chi connectivity index (χ2n) is 5.12. The van der Waals surface area contributed by atoms with E-state index in [0.717, 1.165) is 0 Å².